The Labute approximate surface area is 124 Å². The van der Waals surface area contributed by atoms with Crippen molar-refractivity contribution in [3.05, 3.63) is 47.7 Å². The van der Waals surface area contributed by atoms with Gasteiger partial charge in [-0.2, -0.15) is 0 Å². The zero-order chi connectivity index (χ0) is 15.4. The predicted octanol–water partition coefficient (Wildman–Crippen LogP) is 3.32. The molecule has 1 aromatic heterocycles. The average Bonchev–Trinajstić information content (AvgIpc) is 2.48. The number of carbonyl (C=O) groups is 1. The number of ether oxygens (including phenoxy) is 1. The first-order valence-electron chi connectivity index (χ1n) is 6.72. The summed E-state index contributed by atoms with van der Waals surface area (Å²) in [5.41, 5.74) is 8.46. The predicted molar refractivity (Wildman–Crippen MR) is 83.8 cm³/mol. The molecular weight excluding hydrogens is 266 g/mol. The van der Waals surface area contributed by atoms with Gasteiger partial charge in [0.25, 0.3) is 0 Å². The van der Waals surface area contributed by atoms with Gasteiger partial charge in [0.15, 0.2) is 0 Å². The number of hydrogen-bond acceptors (Lipinski definition) is 5. The Balaban J connectivity index is 2.27. The van der Waals surface area contributed by atoms with Crippen molar-refractivity contribution in [2.45, 2.75) is 19.8 Å². The van der Waals surface area contributed by atoms with E-state index in [9.17, 15) is 4.79 Å². The number of nitrogens with zero attached hydrogens (tertiary/aromatic N) is 1. The number of rotatable bonds is 4. The van der Waals surface area contributed by atoms with E-state index >= 15 is 0 Å². The summed E-state index contributed by atoms with van der Waals surface area (Å²) < 4.78 is 4.70. The summed E-state index contributed by atoms with van der Waals surface area (Å²) in [4.78, 5) is 15.8. The molecule has 1 aromatic carbocycles. The SMILES string of the molecule is COC(=O)c1cc(Nc2cccc(C(C)C)c2)ncc1N. The van der Waals surface area contributed by atoms with Crippen molar-refractivity contribution in [2.24, 2.45) is 0 Å². The highest BCUT2D eigenvalue weighted by molar-refractivity contribution is 5.95. The number of nitrogen functional groups attached to an aromatic ring is 1. The third-order valence-corrected chi connectivity index (χ3v) is 3.17. The lowest BCUT2D eigenvalue weighted by Gasteiger charge is -2.11. The van der Waals surface area contributed by atoms with E-state index < -0.39 is 5.97 Å². The fraction of sp³-hybridized carbons (Fsp3) is 0.250. The number of hydrogen-bond donors (Lipinski definition) is 2. The molecule has 0 bridgehead atoms. The van der Waals surface area contributed by atoms with Crippen LogP contribution in [0.25, 0.3) is 0 Å². The van der Waals surface area contributed by atoms with E-state index in [0.29, 0.717) is 23.0 Å². The van der Waals surface area contributed by atoms with Crippen molar-refractivity contribution in [2.75, 3.05) is 18.2 Å². The molecule has 0 fully saturated rings. The summed E-state index contributed by atoms with van der Waals surface area (Å²) >= 11 is 0. The number of methoxy groups -OCH3 is 1. The maximum absolute atomic E-state index is 11.6. The lowest BCUT2D eigenvalue weighted by atomic mass is 10.0. The number of nitrogens with two attached hydrogens (primary N) is 1. The van der Waals surface area contributed by atoms with Gasteiger partial charge in [0, 0.05) is 5.69 Å². The first kappa shape index (κ1) is 14.8. The smallest absolute Gasteiger partial charge is 0.340 e. The van der Waals surface area contributed by atoms with Crippen LogP contribution < -0.4 is 11.1 Å². The van der Waals surface area contributed by atoms with E-state index in [1.807, 2.05) is 12.1 Å². The molecule has 0 aliphatic carbocycles. The summed E-state index contributed by atoms with van der Waals surface area (Å²) in [6.07, 6.45) is 1.45. The molecule has 0 aliphatic rings. The number of nitrogens with one attached hydrogen (secondary N) is 1. The van der Waals surface area contributed by atoms with Crippen LogP contribution in [0.5, 0.6) is 0 Å². The summed E-state index contributed by atoms with van der Waals surface area (Å²) in [7, 11) is 1.32. The summed E-state index contributed by atoms with van der Waals surface area (Å²) in [6, 6.07) is 9.65. The van der Waals surface area contributed by atoms with E-state index in [0.717, 1.165) is 5.69 Å². The Hall–Kier alpha value is -2.56. The molecular formula is C16H19N3O2. The van der Waals surface area contributed by atoms with Crippen LogP contribution in [0.1, 0.15) is 35.7 Å². The van der Waals surface area contributed by atoms with Crippen LogP contribution in [0.3, 0.4) is 0 Å². The van der Waals surface area contributed by atoms with Crippen LogP contribution >= 0.6 is 0 Å². The molecule has 0 radical (unpaired) electrons. The second-order valence-corrected chi connectivity index (χ2v) is 5.05. The molecule has 1 heterocycles. The lowest BCUT2D eigenvalue weighted by molar-refractivity contribution is 0.0602. The molecule has 0 saturated carbocycles. The molecule has 0 saturated heterocycles. The molecule has 2 aromatic rings. The summed E-state index contributed by atoms with van der Waals surface area (Å²) in [5.74, 6) is 0.510. The molecule has 0 spiro atoms. The number of anilines is 3. The Morgan fingerprint density at radius 3 is 2.76 bits per heavy atom. The first-order valence-corrected chi connectivity index (χ1v) is 6.72. The fourth-order valence-corrected chi connectivity index (χ4v) is 1.94. The van der Waals surface area contributed by atoms with Crippen molar-refractivity contribution < 1.29 is 9.53 Å². The maximum Gasteiger partial charge on any atom is 0.340 e. The number of esters is 1. The largest absolute Gasteiger partial charge is 0.465 e. The van der Waals surface area contributed by atoms with Gasteiger partial charge in [-0.15, -0.1) is 0 Å². The number of aromatic nitrogens is 1. The molecule has 0 unspecified atom stereocenters. The molecule has 21 heavy (non-hydrogen) atoms. The minimum Gasteiger partial charge on any atom is -0.465 e. The Morgan fingerprint density at radius 1 is 1.33 bits per heavy atom. The Morgan fingerprint density at radius 2 is 2.10 bits per heavy atom. The monoisotopic (exact) mass is 285 g/mol. The molecule has 0 amide bonds. The van der Waals surface area contributed by atoms with Crippen LogP contribution in [0.4, 0.5) is 17.2 Å². The molecule has 5 heteroatoms. The first-order chi connectivity index (χ1) is 10.0. The van der Waals surface area contributed by atoms with Gasteiger partial charge in [-0.25, -0.2) is 9.78 Å². The Kier molecular flexibility index (Phi) is 4.42. The standard InChI is InChI=1S/C16H19N3O2/c1-10(2)11-5-4-6-12(7-11)19-15-8-13(16(20)21-3)14(17)9-18-15/h4-10H,17H2,1-3H3,(H,18,19). The van der Waals surface area contributed by atoms with Crippen molar-refractivity contribution in [1.82, 2.24) is 4.98 Å². The van der Waals surface area contributed by atoms with Crippen molar-refractivity contribution in [3.63, 3.8) is 0 Å². The second-order valence-electron chi connectivity index (χ2n) is 5.05. The van der Waals surface area contributed by atoms with E-state index in [1.54, 1.807) is 6.07 Å². The third-order valence-electron chi connectivity index (χ3n) is 3.17. The summed E-state index contributed by atoms with van der Waals surface area (Å²) in [5, 5.41) is 3.17. The quantitative estimate of drug-likeness (QED) is 0.843. The van der Waals surface area contributed by atoms with Gasteiger partial charge in [0.1, 0.15) is 5.82 Å². The normalized spacial score (nSPS) is 10.5. The van der Waals surface area contributed by atoms with E-state index in [2.05, 4.69) is 36.3 Å². The van der Waals surface area contributed by atoms with Crippen LogP contribution in [0.15, 0.2) is 36.5 Å². The minimum atomic E-state index is -0.478. The topological polar surface area (TPSA) is 77.2 Å². The van der Waals surface area contributed by atoms with Crippen LogP contribution in [0.2, 0.25) is 0 Å². The highest BCUT2D eigenvalue weighted by atomic mass is 16.5. The number of carbonyl (C=O) groups excluding carboxylic acids is 1. The Bertz CT molecular complexity index is 654. The number of pyridine rings is 1. The van der Waals surface area contributed by atoms with Crippen LogP contribution in [-0.4, -0.2) is 18.1 Å². The highest BCUT2D eigenvalue weighted by Gasteiger charge is 2.12. The van der Waals surface area contributed by atoms with Crippen molar-refractivity contribution in [3.8, 4) is 0 Å². The van der Waals surface area contributed by atoms with Gasteiger partial charge in [-0.1, -0.05) is 26.0 Å². The van der Waals surface area contributed by atoms with Crippen LogP contribution in [0, 0.1) is 0 Å². The average molecular weight is 285 g/mol. The van der Waals surface area contributed by atoms with Gasteiger partial charge in [0.05, 0.1) is 24.6 Å². The lowest BCUT2D eigenvalue weighted by Crippen LogP contribution is -2.07. The molecule has 3 N–H and O–H groups in total. The van der Waals surface area contributed by atoms with Gasteiger partial charge in [-0.3, -0.25) is 0 Å². The van der Waals surface area contributed by atoms with E-state index in [1.165, 1.54) is 18.9 Å². The molecule has 5 nitrogen and oxygen atoms in total. The zero-order valence-electron chi connectivity index (χ0n) is 12.4. The van der Waals surface area contributed by atoms with E-state index in [-0.39, 0.29) is 0 Å². The second kappa shape index (κ2) is 6.26. The maximum atomic E-state index is 11.6. The van der Waals surface area contributed by atoms with Crippen molar-refractivity contribution in [1.29, 1.82) is 0 Å². The van der Waals surface area contributed by atoms with Gasteiger partial charge >= 0.3 is 5.97 Å². The van der Waals surface area contributed by atoms with E-state index in [4.69, 9.17) is 10.5 Å². The molecule has 0 atom stereocenters. The third kappa shape index (κ3) is 3.51. The van der Waals surface area contributed by atoms with Crippen LogP contribution in [-0.2, 0) is 4.74 Å². The van der Waals surface area contributed by atoms with Gasteiger partial charge in [-0.05, 0) is 29.7 Å². The van der Waals surface area contributed by atoms with Gasteiger partial charge in [0.2, 0.25) is 0 Å². The fourth-order valence-electron chi connectivity index (χ4n) is 1.94. The molecule has 0 aliphatic heterocycles. The highest BCUT2D eigenvalue weighted by Crippen LogP contribution is 2.23. The van der Waals surface area contributed by atoms with Crippen molar-refractivity contribution >= 4 is 23.2 Å². The zero-order valence-corrected chi connectivity index (χ0v) is 12.4. The molecule has 2 rings (SSSR count). The van der Waals surface area contributed by atoms with Gasteiger partial charge < -0.3 is 15.8 Å². The molecule has 110 valence electrons. The minimum absolute atomic E-state index is 0.295. The number of benzene rings is 1. The summed E-state index contributed by atoms with van der Waals surface area (Å²) in [6.45, 7) is 4.27.